The Bertz CT molecular complexity index is 297. The molecule has 15 heavy (non-hydrogen) atoms. The second kappa shape index (κ2) is 3.99. The molecule has 0 atom stereocenters. The van der Waals surface area contributed by atoms with E-state index in [1.165, 1.54) is 0 Å². The summed E-state index contributed by atoms with van der Waals surface area (Å²) in [6.45, 7) is 4.96. The average Bonchev–Trinajstić information content (AvgIpc) is 1.95. The van der Waals surface area contributed by atoms with Gasteiger partial charge in [-0.1, -0.05) is 19.4 Å². The predicted molar refractivity (Wildman–Crippen MR) is 55.1 cm³/mol. The molecule has 1 aliphatic rings. The Balaban J connectivity index is 2.75. The van der Waals surface area contributed by atoms with Crippen molar-refractivity contribution in [3.63, 3.8) is 0 Å². The van der Waals surface area contributed by atoms with Gasteiger partial charge in [0.1, 0.15) is 6.54 Å². The van der Waals surface area contributed by atoms with Crippen LogP contribution in [0.1, 0.15) is 33.6 Å². The van der Waals surface area contributed by atoms with Crippen molar-refractivity contribution in [3.8, 4) is 0 Å². The number of alkyl halides is 3. The summed E-state index contributed by atoms with van der Waals surface area (Å²) in [5, 5.41) is 0. The summed E-state index contributed by atoms with van der Waals surface area (Å²) in [7, 11) is 0. The van der Waals surface area contributed by atoms with Crippen molar-refractivity contribution in [1.29, 1.82) is 0 Å². The normalized spacial score (nSPS) is 24.1. The Morgan fingerprint density at radius 3 is 2.40 bits per heavy atom. The third-order valence-corrected chi connectivity index (χ3v) is 2.29. The number of nitrogens with zero attached hydrogens (tertiary/aromatic N) is 1. The largest absolute Gasteiger partial charge is 0.407 e. The number of hydrogen-bond acceptors (Lipinski definition) is 1. The van der Waals surface area contributed by atoms with Crippen molar-refractivity contribution in [2.24, 2.45) is 10.4 Å². The molecule has 86 valence electrons. The van der Waals surface area contributed by atoms with E-state index in [9.17, 15) is 13.2 Å². The Labute approximate surface area is 88.1 Å². The molecule has 1 rings (SSSR count). The van der Waals surface area contributed by atoms with E-state index < -0.39 is 12.7 Å². The zero-order chi connectivity index (χ0) is 11.7. The van der Waals surface area contributed by atoms with Crippen LogP contribution in [0.2, 0.25) is 0 Å². The first-order chi connectivity index (χ1) is 6.68. The molecule has 0 fully saturated rings. The Morgan fingerprint density at radius 2 is 1.93 bits per heavy atom. The Morgan fingerprint density at radius 1 is 1.33 bits per heavy atom. The van der Waals surface area contributed by atoms with Gasteiger partial charge in [-0.05, 0) is 31.3 Å². The molecule has 0 aromatic rings. The molecule has 0 heterocycles. The minimum atomic E-state index is -4.20. The predicted octanol–water partition coefficient (Wildman–Crippen LogP) is 3.76. The van der Waals surface area contributed by atoms with Gasteiger partial charge in [0.2, 0.25) is 0 Å². The first-order valence-electron chi connectivity index (χ1n) is 4.95. The first-order valence-corrected chi connectivity index (χ1v) is 4.95. The number of allylic oxidation sites excluding steroid dienone is 2. The lowest BCUT2D eigenvalue weighted by molar-refractivity contribution is -0.118. The van der Waals surface area contributed by atoms with Gasteiger partial charge >= 0.3 is 6.18 Å². The van der Waals surface area contributed by atoms with Gasteiger partial charge in [-0.2, -0.15) is 13.2 Å². The van der Waals surface area contributed by atoms with E-state index in [2.05, 4.69) is 4.99 Å². The van der Waals surface area contributed by atoms with Gasteiger partial charge < -0.3 is 0 Å². The van der Waals surface area contributed by atoms with Crippen molar-refractivity contribution in [2.45, 2.75) is 39.8 Å². The fourth-order valence-corrected chi connectivity index (χ4v) is 1.99. The standard InChI is InChI=1S/C11H16F3N/c1-8-4-9(6-10(2,3)5-8)15-7-11(12,13)14/h4H,5-7H2,1-3H3/b15-9+. The van der Waals surface area contributed by atoms with Crippen LogP contribution in [0, 0.1) is 5.41 Å². The maximum absolute atomic E-state index is 12.0. The summed E-state index contributed by atoms with van der Waals surface area (Å²) in [6.07, 6.45) is -0.869. The van der Waals surface area contributed by atoms with E-state index in [0.717, 1.165) is 12.0 Å². The van der Waals surface area contributed by atoms with Crippen molar-refractivity contribution in [2.75, 3.05) is 6.54 Å². The molecular formula is C11H16F3N. The van der Waals surface area contributed by atoms with Crippen LogP contribution < -0.4 is 0 Å². The van der Waals surface area contributed by atoms with E-state index in [1.807, 2.05) is 20.8 Å². The highest BCUT2D eigenvalue weighted by molar-refractivity contribution is 5.96. The lowest BCUT2D eigenvalue weighted by atomic mass is 9.77. The Hall–Kier alpha value is -0.800. The van der Waals surface area contributed by atoms with E-state index in [4.69, 9.17) is 0 Å². The SMILES string of the molecule is CC1=C/C(=N\CC(F)(F)F)CC(C)(C)C1. The average molecular weight is 219 g/mol. The van der Waals surface area contributed by atoms with Crippen molar-refractivity contribution in [1.82, 2.24) is 0 Å². The third-order valence-electron chi connectivity index (χ3n) is 2.29. The molecule has 0 aliphatic heterocycles. The maximum Gasteiger partial charge on any atom is 0.407 e. The second-order valence-corrected chi connectivity index (χ2v) is 4.93. The van der Waals surface area contributed by atoms with Gasteiger partial charge in [0.25, 0.3) is 0 Å². The van der Waals surface area contributed by atoms with Crippen LogP contribution in [0.15, 0.2) is 16.6 Å². The summed E-state index contributed by atoms with van der Waals surface area (Å²) < 4.78 is 35.9. The molecule has 0 aromatic heterocycles. The fourth-order valence-electron chi connectivity index (χ4n) is 1.99. The number of rotatable bonds is 1. The van der Waals surface area contributed by atoms with Crippen LogP contribution >= 0.6 is 0 Å². The lowest BCUT2D eigenvalue weighted by Crippen LogP contribution is -2.23. The van der Waals surface area contributed by atoms with Gasteiger partial charge in [0, 0.05) is 5.71 Å². The number of aliphatic imine (C=N–C) groups is 1. The maximum atomic E-state index is 12.0. The topological polar surface area (TPSA) is 12.4 Å². The first kappa shape index (κ1) is 12.3. The van der Waals surface area contributed by atoms with Gasteiger partial charge in [-0.15, -0.1) is 0 Å². The van der Waals surface area contributed by atoms with E-state index >= 15 is 0 Å². The van der Waals surface area contributed by atoms with Crippen molar-refractivity contribution < 1.29 is 13.2 Å². The third kappa shape index (κ3) is 4.49. The number of halogens is 3. The molecule has 0 saturated heterocycles. The smallest absolute Gasteiger partial charge is 0.280 e. The van der Waals surface area contributed by atoms with E-state index in [-0.39, 0.29) is 5.41 Å². The van der Waals surface area contributed by atoms with Crippen molar-refractivity contribution >= 4 is 5.71 Å². The quantitative estimate of drug-likeness (QED) is 0.636. The van der Waals surface area contributed by atoms with Crippen LogP contribution in [0.4, 0.5) is 13.2 Å². The minimum absolute atomic E-state index is 0.0310. The van der Waals surface area contributed by atoms with Gasteiger partial charge in [0.15, 0.2) is 0 Å². The molecular weight excluding hydrogens is 203 g/mol. The van der Waals surface area contributed by atoms with Gasteiger partial charge in [0.05, 0.1) is 0 Å². The van der Waals surface area contributed by atoms with Gasteiger partial charge in [-0.3, -0.25) is 4.99 Å². The highest BCUT2D eigenvalue weighted by Gasteiger charge is 2.28. The molecule has 0 N–H and O–H groups in total. The van der Waals surface area contributed by atoms with E-state index in [1.54, 1.807) is 6.08 Å². The summed E-state index contributed by atoms with van der Waals surface area (Å²) in [4.78, 5) is 3.62. The fraction of sp³-hybridized carbons (Fsp3) is 0.727. The molecule has 0 amide bonds. The molecule has 0 radical (unpaired) electrons. The highest BCUT2D eigenvalue weighted by Crippen LogP contribution is 2.34. The summed E-state index contributed by atoms with van der Waals surface area (Å²) in [6, 6.07) is 0. The summed E-state index contributed by atoms with van der Waals surface area (Å²) in [5.41, 5.74) is 1.71. The van der Waals surface area contributed by atoms with Gasteiger partial charge in [-0.25, -0.2) is 0 Å². The molecule has 4 heteroatoms. The minimum Gasteiger partial charge on any atom is -0.280 e. The summed E-state index contributed by atoms with van der Waals surface area (Å²) >= 11 is 0. The number of hydrogen-bond donors (Lipinski definition) is 0. The van der Waals surface area contributed by atoms with Crippen LogP contribution in [0.3, 0.4) is 0 Å². The molecule has 0 unspecified atom stereocenters. The van der Waals surface area contributed by atoms with Crippen LogP contribution in [-0.2, 0) is 0 Å². The molecule has 1 aliphatic carbocycles. The van der Waals surface area contributed by atoms with Crippen LogP contribution in [0.25, 0.3) is 0 Å². The summed E-state index contributed by atoms with van der Waals surface area (Å²) in [5.74, 6) is 0. The molecule has 1 nitrogen and oxygen atoms in total. The molecule has 0 bridgehead atoms. The van der Waals surface area contributed by atoms with Crippen LogP contribution in [-0.4, -0.2) is 18.4 Å². The van der Waals surface area contributed by atoms with Crippen LogP contribution in [0.5, 0.6) is 0 Å². The zero-order valence-electron chi connectivity index (χ0n) is 9.28. The molecule has 0 aromatic carbocycles. The Kier molecular flexibility index (Phi) is 3.26. The monoisotopic (exact) mass is 219 g/mol. The molecule has 0 spiro atoms. The van der Waals surface area contributed by atoms with Crippen molar-refractivity contribution in [3.05, 3.63) is 11.6 Å². The zero-order valence-corrected chi connectivity index (χ0v) is 9.28. The highest BCUT2D eigenvalue weighted by atomic mass is 19.4. The van der Waals surface area contributed by atoms with E-state index in [0.29, 0.717) is 12.1 Å². The molecule has 0 saturated carbocycles. The lowest BCUT2D eigenvalue weighted by Gasteiger charge is -2.29. The second-order valence-electron chi connectivity index (χ2n) is 4.93.